The van der Waals surface area contributed by atoms with Gasteiger partial charge in [-0.15, -0.1) is 0 Å². The molecule has 6 nitrogen and oxygen atoms in total. The van der Waals surface area contributed by atoms with Gasteiger partial charge in [-0.3, -0.25) is 4.79 Å². The van der Waals surface area contributed by atoms with Crippen molar-refractivity contribution in [3.05, 3.63) is 77.1 Å². The molecule has 0 bridgehead atoms. The van der Waals surface area contributed by atoms with E-state index in [1.54, 1.807) is 19.5 Å². The van der Waals surface area contributed by atoms with Crippen LogP contribution in [0.5, 0.6) is 11.5 Å². The van der Waals surface area contributed by atoms with E-state index in [0.717, 1.165) is 34.5 Å². The summed E-state index contributed by atoms with van der Waals surface area (Å²) in [5.74, 6) is 1.05. The number of rotatable bonds is 4. The number of benzene rings is 2. The fourth-order valence-electron chi connectivity index (χ4n) is 4.69. The van der Waals surface area contributed by atoms with Gasteiger partial charge in [-0.1, -0.05) is 6.07 Å². The Kier molecular flexibility index (Phi) is 5.62. The third-order valence-electron chi connectivity index (χ3n) is 6.27. The summed E-state index contributed by atoms with van der Waals surface area (Å²) in [5, 5.41) is 0. The third kappa shape index (κ3) is 4.11. The van der Waals surface area contributed by atoms with Crippen molar-refractivity contribution in [2.45, 2.75) is 32.2 Å². The lowest BCUT2D eigenvalue weighted by molar-refractivity contribution is -0.131. The number of nitrogens with zero attached hydrogens (tertiary/aromatic N) is 3. The molecule has 170 valence electrons. The highest BCUT2D eigenvalue weighted by Crippen LogP contribution is 2.39. The topological polar surface area (TPSA) is 56.6 Å². The first-order valence-electron chi connectivity index (χ1n) is 11.2. The van der Waals surface area contributed by atoms with Crippen molar-refractivity contribution < 1.29 is 18.7 Å². The molecule has 2 aliphatic heterocycles. The van der Waals surface area contributed by atoms with Crippen LogP contribution in [0.1, 0.15) is 42.1 Å². The van der Waals surface area contributed by atoms with Gasteiger partial charge in [0.25, 0.3) is 0 Å². The van der Waals surface area contributed by atoms with Gasteiger partial charge in [0.2, 0.25) is 5.91 Å². The Labute approximate surface area is 192 Å². The van der Waals surface area contributed by atoms with Gasteiger partial charge in [0.05, 0.1) is 37.5 Å². The van der Waals surface area contributed by atoms with Gasteiger partial charge in [-0.2, -0.15) is 0 Å². The standard InChI is InChI=1S/C26H26FN3O3/c1-17-15-29(16-28-17)23-7-5-18(13-25(23)32-2)12-19-4-3-10-30(26(19)31)22-9-11-33-24-8-6-20(27)14-21(22)24/h5-8,12-16,22H,3-4,9-11H2,1-2H3/b19-12+/t22-/m0/s1. The number of fused-ring (bicyclic) bond motifs is 1. The molecule has 0 saturated carbocycles. The lowest BCUT2D eigenvalue weighted by atomic mass is 9.93. The van der Waals surface area contributed by atoms with E-state index in [1.165, 1.54) is 12.1 Å². The van der Waals surface area contributed by atoms with Crippen LogP contribution in [0.25, 0.3) is 11.8 Å². The number of aryl methyl sites for hydroxylation is 1. The van der Waals surface area contributed by atoms with Crippen LogP contribution in [0.3, 0.4) is 0 Å². The molecule has 0 spiro atoms. The maximum absolute atomic E-state index is 13.9. The first kappa shape index (κ1) is 21.2. The zero-order chi connectivity index (χ0) is 22.9. The van der Waals surface area contributed by atoms with Crippen molar-refractivity contribution in [1.29, 1.82) is 0 Å². The van der Waals surface area contributed by atoms with E-state index in [9.17, 15) is 9.18 Å². The number of likely N-dealkylation sites (tertiary alicyclic amines) is 1. The van der Waals surface area contributed by atoms with Crippen LogP contribution in [0.2, 0.25) is 0 Å². The molecule has 0 aliphatic carbocycles. The summed E-state index contributed by atoms with van der Waals surface area (Å²) >= 11 is 0. The number of hydrogen-bond donors (Lipinski definition) is 0. The first-order valence-corrected chi connectivity index (χ1v) is 11.2. The molecule has 0 radical (unpaired) electrons. The summed E-state index contributed by atoms with van der Waals surface area (Å²) in [7, 11) is 1.63. The van der Waals surface area contributed by atoms with E-state index >= 15 is 0 Å². The van der Waals surface area contributed by atoms with Gasteiger partial charge in [-0.25, -0.2) is 9.37 Å². The Balaban J connectivity index is 1.43. The van der Waals surface area contributed by atoms with Gasteiger partial charge >= 0.3 is 0 Å². The van der Waals surface area contributed by atoms with Crippen molar-refractivity contribution in [1.82, 2.24) is 14.5 Å². The lowest BCUT2D eigenvalue weighted by Gasteiger charge is -2.38. The number of amides is 1. The quantitative estimate of drug-likeness (QED) is 0.536. The summed E-state index contributed by atoms with van der Waals surface area (Å²) in [6.45, 7) is 3.10. The van der Waals surface area contributed by atoms with E-state index in [1.807, 2.05) is 46.9 Å². The molecule has 0 N–H and O–H groups in total. The molecule has 1 atom stereocenters. The molecule has 2 aliphatic rings. The van der Waals surface area contributed by atoms with Gasteiger partial charge in [0, 0.05) is 30.3 Å². The van der Waals surface area contributed by atoms with Crippen LogP contribution in [-0.2, 0) is 4.79 Å². The largest absolute Gasteiger partial charge is 0.495 e. The normalized spacial score (nSPS) is 19.4. The van der Waals surface area contributed by atoms with Crippen LogP contribution < -0.4 is 9.47 Å². The van der Waals surface area contributed by atoms with Gasteiger partial charge < -0.3 is 18.9 Å². The molecule has 1 fully saturated rings. The molecule has 33 heavy (non-hydrogen) atoms. The number of carbonyl (C=O) groups excluding carboxylic acids is 1. The highest BCUT2D eigenvalue weighted by atomic mass is 19.1. The number of imidazole rings is 1. The summed E-state index contributed by atoms with van der Waals surface area (Å²) in [4.78, 5) is 19.6. The smallest absolute Gasteiger partial charge is 0.250 e. The average Bonchev–Trinajstić information content (AvgIpc) is 3.26. The summed E-state index contributed by atoms with van der Waals surface area (Å²) in [5.41, 5.74) is 4.20. The van der Waals surface area contributed by atoms with Gasteiger partial charge in [0.1, 0.15) is 17.3 Å². The highest BCUT2D eigenvalue weighted by molar-refractivity contribution is 5.99. The minimum atomic E-state index is -0.315. The molecule has 3 heterocycles. The second kappa shape index (κ2) is 8.73. The van der Waals surface area contributed by atoms with Crippen molar-refractivity contribution in [3.63, 3.8) is 0 Å². The van der Waals surface area contributed by atoms with Crippen molar-refractivity contribution >= 4 is 12.0 Å². The predicted octanol–water partition coefficient (Wildman–Crippen LogP) is 4.86. The van der Waals surface area contributed by atoms with Crippen LogP contribution in [0.4, 0.5) is 4.39 Å². The number of halogens is 1. The summed E-state index contributed by atoms with van der Waals surface area (Å²) in [6, 6.07) is 10.2. The van der Waals surface area contributed by atoms with Crippen LogP contribution in [0.15, 0.2) is 54.5 Å². The Morgan fingerprint density at radius 2 is 2.12 bits per heavy atom. The highest BCUT2D eigenvalue weighted by Gasteiger charge is 2.34. The molecule has 3 aromatic rings. The minimum absolute atomic E-state index is 0.00311. The Morgan fingerprint density at radius 3 is 2.91 bits per heavy atom. The van der Waals surface area contributed by atoms with E-state index in [2.05, 4.69) is 4.98 Å². The molecule has 1 amide bonds. The number of methoxy groups -OCH3 is 1. The van der Waals surface area contributed by atoms with E-state index < -0.39 is 0 Å². The predicted molar refractivity (Wildman–Crippen MR) is 123 cm³/mol. The van der Waals surface area contributed by atoms with Crippen molar-refractivity contribution in [2.24, 2.45) is 0 Å². The average molecular weight is 448 g/mol. The van der Waals surface area contributed by atoms with Gasteiger partial charge in [-0.05, 0) is 61.7 Å². The molecule has 2 aromatic carbocycles. The summed E-state index contributed by atoms with van der Waals surface area (Å²) < 4.78 is 27.2. The van der Waals surface area contributed by atoms with Crippen LogP contribution in [-0.4, -0.2) is 40.6 Å². The second-order valence-corrected chi connectivity index (χ2v) is 8.46. The molecule has 1 saturated heterocycles. The van der Waals surface area contributed by atoms with Crippen LogP contribution in [0, 0.1) is 12.7 Å². The number of piperidine rings is 1. The molecule has 0 unspecified atom stereocenters. The maximum atomic E-state index is 13.9. The SMILES string of the molecule is COc1cc(/C=C2\CCCN([C@H]3CCOc4ccc(F)cc43)C2=O)ccc1-n1cnc(C)c1. The third-order valence-corrected chi connectivity index (χ3v) is 6.27. The monoisotopic (exact) mass is 447 g/mol. The number of carbonyl (C=O) groups is 1. The fraction of sp³-hybridized carbons (Fsp3) is 0.308. The molecule has 1 aromatic heterocycles. The fourth-order valence-corrected chi connectivity index (χ4v) is 4.69. The molecule has 7 heteroatoms. The maximum Gasteiger partial charge on any atom is 0.250 e. The van der Waals surface area contributed by atoms with E-state index in [4.69, 9.17) is 9.47 Å². The van der Waals surface area contributed by atoms with Crippen molar-refractivity contribution in [2.75, 3.05) is 20.3 Å². The van der Waals surface area contributed by atoms with Crippen molar-refractivity contribution in [3.8, 4) is 17.2 Å². The molecule has 5 rings (SSSR count). The van der Waals surface area contributed by atoms with E-state index in [-0.39, 0.29) is 17.8 Å². The molecular weight excluding hydrogens is 421 g/mol. The lowest BCUT2D eigenvalue weighted by Crippen LogP contribution is -2.41. The molecular formula is C26H26FN3O3. The minimum Gasteiger partial charge on any atom is -0.495 e. The zero-order valence-corrected chi connectivity index (χ0v) is 18.8. The first-order chi connectivity index (χ1) is 16.0. The number of ether oxygens (including phenoxy) is 2. The van der Waals surface area contributed by atoms with E-state index in [0.29, 0.717) is 37.5 Å². The number of hydrogen-bond acceptors (Lipinski definition) is 4. The van der Waals surface area contributed by atoms with Gasteiger partial charge in [0.15, 0.2) is 0 Å². The summed E-state index contributed by atoms with van der Waals surface area (Å²) in [6.07, 6.45) is 7.85. The number of aromatic nitrogens is 2. The zero-order valence-electron chi connectivity index (χ0n) is 18.8. The second-order valence-electron chi connectivity index (χ2n) is 8.46. The van der Waals surface area contributed by atoms with Crippen LogP contribution >= 0.6 is 0 Å². The Hall–Kier alpha value is -3.61. The Morgan fingerprint density at radius 1 is 1.24 bits per heavy atom. The Bertz CT molecular complexity index is 1230.